The molecule has 1 saturated heterocycles. The Bertz CT molecular complexity index is 236. The van der Waals surface area contributed by atoms with E-state index in [1.165, 1.54) is 37.0 Å². The van der Waals surface area contributed by atoms with Crippen LogP contribution in [0.1, 0.15) is 39.5 Å². The number of fused-ring (bicyclic) bond motifs is 2. The molecule has 78 valence electrons. The Hall–Kier alpha value is -0.720. The lowest BCUT2D eigenvalue weighted by Crippen LogP contribution is -1.98. The first kappa shape index (κ1) is 9.82. The lowest BCUT2D eigenvalue weighted by molar-refractivity contribution is 0.222. The van der Waals surface area contributed by atoms with Crippen molar-refractivity contribution in [2.45, 2.75) is 39.5 Å². The third kappa shape index (κ3) is 1.87. The second kappa shape index (κ2) is 4.20. The SMILES string of the molecule is C1=C2CCCCOC2=CC2CC12.CC. The van der Waals surface area contributed by atoms with Gasteiger partial charge in [0, 0.05) is 0 Å². The summed E-state index contributed by atoms with van der Waals surface area (Å²) in [5, 5.41) is 0. The largest absolute Gasteiger partial charge is 0.494 e. The van der Waals surface area contributed by atoms with Gasteiger partial charge in [-0.25, -0.2) is 0 Å². The minimum atomic E-state index is 0.835. The summed E-state index contributed by atoms with van der Waals surface area (Å²) in [4.78, 5) is 0. The van der Waals surface area contributed by atoms with Crippen LogP contribution in [-0.4, -0.2) is 6.61 Å². The molecule has 0 aromatic rings. The highest BCUT2D eigenvalue weighted by Crippen LogP contribution is 2.47. The highest BCUT2D eigenvalue weighted by Gasteiger charge is 2.38. The Kier molecular flexibility index (Phi) is 2.95. The fraction of sp³-hybridized carbons (Fsp3) is 0.692. The monoisotopic (exact) mass is 192 g/mol. The van der Waals surface area contributed by atoms with Gasteiger partial charge < -0.3 is 4.74 Å². The van der Waals surface area contributed by atoms with Gasteiger partial charge in [-0.3, -0.25) is 0 Å². The molecule has 2 fully saturated rings. The van der Waals surface area contributed by atoms with Crippen molar-refractivity contribution >= 4 is 0 Å². The van der Waals surface area contributed by atoms with E-state index in [-0.39, 0.29) is 0 Å². The van der Waals surface area contributed by atoms with Crippen molar-refractivity contribution in [3.05, 3.63) is 23.5 Å². The number of hydrogen-bond acceptors (Lipinski definition) is 1. The van der Waals surface area contributed by atoms with Gasteiger partial charge in [-0.05, 0) is 49.2 Å². The maximum atomic E-state index is 5.70. The van der Waals surface area contributed by atoms with Crippen LogP contribution in [0, 0.1) is 11.8 Å². The van der Waals surface area contributed by atoms with E-state index >= 15 is 0 Å². The standard InChI is InChI=1S/C11H14O.C2H6/c1-2-4-12-11-7-10-6-9(10)5-8(11)3-1;1-2/h5,7,9-10H,1-4,6H2;1-2H3. The molecule has 1 saturated carbocycles. The number of rotatable bonds is 0. The molecule has 0 spiro atoms. The number of allylic oxidation sites excluding steroid dienone is 3. The quantitative estimate of drug-likeness (QED) is 0.569. The highest BCUT2D eigenvalue weighted by molar-refractivity contribution is 5.36. The van der Waals surface area contributed by atoms with Gasteiger partial charge in [-0.1, -0.05) is 19.9 Å². The molecule has 3 rings (SSSR count). The van der Waals surface area contributed by atoms with Crippen LogP contribution in [0.5, 0.6) is 0 Å². The van der Waals surface area contributed by atoms with Gasteiger partial charge >= 0.3 is 0 Å². The Morgan fingerprint density at radius 2 is 1.93 bits per heavy atom. The fourth-order valence-corrected chi connectivity index (χ4v) is 2.21. The van der Waals surface area contributed by atoms with E-state index in [1.54, 1.807) is 0 Å². The topological polar surface area (TPSA) is 9.23 Å². The molecular weight excluding hydrogens is 172 g/mol. The summed E-state index contributed by atoms with van der Waals surface area (Å²) in [5.74, 6) is 2.93. The lowest BCUT2D eigenvalue weighted by atomic mass is 10.0. The Labute approximate surface area is 86.8 Å². The van der Waals surface area contributed by atoms with Crippen molar-refractivity contribution in [1.29, 1.82) is 0 Å². The molecule has 14 heavy (non-hydrogen) atoms. The average Bonchev–Trinajstić information content (AvgIpc) is 2.99. The Morgan fingerprint density at radius 1 is 1.14 bits per heavy atom. The second-order valence-corrected chi connectivity index (χ2v) is 4.09. The van der Waals surface area contributed by atoms with Gasteiger partial charge in [0.15, 0.2) is 0 Å². The molecule has 2 unspecified atom stereocenters. The molecule has 2 aliphatic carbocycles. The van der Waals surface area contributed by atoms with Crippen molar-refractivity contribution in [2.24, 2.45) is 11.8 Å². The summed E-state index contributed by atoms with van der Waals surface area (Å²) in [6, 6.07) is 0. The van der Waals surface area contributed by atoms with Crippen molar-refractivity contribution in [3.8, 4) is 0 Å². The van der Waals surface area contributed by atoms with Crippen LogP contribution in [0.4, 0.5) is 0 Å². The minimum Gasteiger partial charge on any atom is -0.494 e. The molecule has 0 amide bonds. The van der Waals surface area contributed by atoms with E-state index in [0.717, 1.165) is 18.4 Å². The molecule has 0 aromatic heterocycles. The van der Waals surface area contributed by atoms with E-state index in [9.17, 15) is 0 Å². The average molecular weight is 192 g/mol. The maximum Gasteiger partial charge on any atom is 0.118 e. The van der Waals surface area contributed by atoms with E-state index in [4.69, 9.17) is 4.74 Å². The van der Waals surface area contributed by atoms with E-state index < -0.39 is 0 Å². The highest BCUT2D eigenvalue weighted by atomic mass is 16.5. The first-order valence-corrected chi connectivity index (χ1v) is 5.99. The molecule has 1 nitrogen and oxygen atoms in total. The summed E-state index contributed by atoms with van der Waals surface area (Å²) < 4.78 is 5.70. The normalized spacial score (nSPS) is 33.0. The molecule has 2 atom stereocenters. The van der Waals surface area contributed by atoms with Crippen LogP contribution in [0.25, 0.3) is 0 Å². The summed E-state index contributed by atoms with van der Waals surface area (Å²) in [7, 11) is 0. The predicted octanol–water partition coefficient (Wildman–Crippen LogP) is 3.67. The number of hydrogen-bond donors (Lipinski definition) is 0. The summed E-state index contributed by atoms with van der Waals surface area (Å²) in [5.41, 5.74) is 1.49. The first-order valence-electron chi connectivity index (χ1n) is 5.99. The molecule has 0 aromatic carbocycles. The van der Waals surface area contributed by atoms with Gasteiger partial charge in [0.1, 0.15) is 5.76 Å². The molecule has 0 N–H and O–H groups in total. The third-order valence-electron chi connectivity index (χ3n) is 3.09. The van der Waals surface area contributed by atoms with Crippen molar-refractivity contribution in [2.75, 3.05) is 6.61 Å². The van der Waals surface area contributed by atoms with Gasteiger partial charge in [-0.15, -0.1) is 0 Å². The lowest BCUT2D eigenvalue weighted by Gasteiger charge is -2.12. The molecule has 1 heteroatoms. The van der Waals surface area contributed by atoms with Crippen molar-refractivity contribution in [1.82, 2.24) is 0 Å². The Morgan fingerprint density at radius 3 is 2.79 bits per heavy atom. The summed E-state index contributed by atoms with van der Waals surface area (Å²) in [6.45, 7) is 4.93. The zero-order chi connectivity index (χ0) is 9.97. The van der Waals surface area contributed by atoms with Crippen LogP contribution < -0.4 is 0 Å². The molecule has 0 bridgehead atoms. The zero-order valence-corrected chi connectivity index (χ0v) is 9.25. The molecule has 1 aliphatic heterocycles. The summed E-state index contributed by atoms with van der Waals surface area (Å²) >= 11 is 0. The van der Waals surface area contributed by atoms with E-state index in [0.29, 0.717) is 0 Å². The van der Waals surface area contributed by atoms with Crippen LogP contribution >= 0.6 is 0 Å². The van der Waals surface area contributed by atoms with Gasteiger partial charge in [0.05, 0.1) is 6.61 Å². The maximum absolute atomic E-state index is 5.70. The molecular formula is C13H20O. The smallest absolute Gasteiger partial charge is 0.118 e. The van der Waals surface area contributed by atoms with E-state index in [1.807, 2.05) is 13.8 Å². The third-order valence-corrected chi connectivity index (χ3v) is 3.09. The minimum absolute atomic E-state index is 0.835. The van der Waals surface area contributed by atoms with E-state index in [2.05, 4.69) is 12.2 Å². The van der Waals surface area contributed by atoms with Gasteiger partial charge in [-0.2, -0.15) is 0 Å². The van der Waals surface area contributed by atoms with Crippen LogP contribution in [0.3, 0.4) is 0 Å². The van der Waals surface area contributed by atoms with Gasteiger partial charge in [0.2, 0.25) is 0 Å². The molecule has 3 aliphatic rings. The predicted molar refractivity (Wildman–Crippen MR) is 58.9 cm³/mol. The second-order valence-electron chi connectivity index (χ2n) is 4.09. The first-order chi connectivity index (χ1) is 6.93. The summed E-state index contributed by atoms with van der Waals surface area (Å²) in [6.07, 6.45) is 9.95. The Balaban J connectivity index is 0.000000354. The van der Waals surface area contributed by atoms with Crippen LogP contribution in [0.2, 0.25) is 0 Å². The van der Waals surface area contributed by atoms with Crippen LogP contribution in [-0.2, 0) is 4.74 Å². The molecule has 0 radical (unpaired) electrons. The molecule has 1 heterocycles. The van der Waals surface area contributed by atoms with Crippen molar-refractivity contribution < 1.29 is 4.74 Å². The number of ether oxygens (including phenoxy) is 1. The van der Waals surface area contributed by atoms with Crippen LogP contribution in [0.15, 0.2) is 23.5 Å². The fourth-order valence-electron chi connectivity index (χ4n) is 2.21. The zero-order valence-electron chi connectivity index (χ0n) is 9.25. The van der Waals surface area contributed by atoms with Crippen molar-refractivity contribution in [3.63, 3.8) is 0 Å². The van der Waals surface area contributed by atoms with Gasteiger partial charge in [0.25, 0.3) is 0 Å².